The number of fused-ring (bicyclic) bond motifs is 1. The van der Waals surface area contributed by atoms with Crippen LogP contribution in [-0.2, 0) is 4.79 Å². The van der Waals surface area contributed by atoms with Crippen molar-refractivity contribution in [1.82, 2.24) is 4.98 Å². The zero-order valence-corrected chi connectivity index (χ0v) is 15.9. The molecule has 0 radical (unpaired) electrons. The van der Waals surface area contributed by atoms with E-state index in [-0.39, 0.29) is 18.0 Å². The van der Waals surface area contributed by atoms with Gasteiger partial charge in [0.05, 0.1) is 10.6 Å². The smallest absolute Gasteiger partial charge is 0.310 e. The van der Waals surface area contributed by atoms with E-state index < -0.39 is 10.8 Å². The Morgan fingerprint density at radius 3 is 2.66 bits per heavy atom. The zero-order valence-electron chi connectivity index (χ0n) is 15.1. The molecule has 0 fully saturated rings. The minimum absolute atomic E-state index is 0.0450. The second-order valence-electron chi connectivity index (χ2n) is 6.16. The highest BCUT2D eigenvalue weighted by molar-refractivity contribution is 7.14. The molecule has 3 aromatic carbocycles. The van der Waals surface area contributed by atoms with Crippen LogP contribution in [0, 0.1) is 10.1 Å². The highest BCUT2D eigenvalue weighted by Gasteiger charge is 2.15. The molecule has 29 heavy (non-hydrogen) atoms. The zero-order chi connectivity index (χ0) is 20.2. The molecule has 144 valence electrons. The molecular formula is C21H15N3O4S. The van der Waals surface area contributed by atoms with Gasteiger partial charge in [-0.15, -0.1) is 11.3 Å². The Kier molecular flexibility index (Phi) is 5.17. The molecular weight excluding hydrogens is 390 g/mol. The molecule has 7 nitrogen and oxygen atoms in total. The van der Waals surface area contributed by atoms with Crippen molar-refractivity contribution >= 4 is 38.8 Å². The largest absolute Gasteiger partial charge is 0.477 e. The number of nitrogens with zero attached hydrogens (tertiary/aromatic N) is 2. The molecule has 0 spiro atoms. The van der Waals surface area contributed by atoms with Crippen LogP contribution in [0.25, 0.3) is 22.0 Å². The molecule has 0 aliphatic heterocycles. The Balaban J connectivity index is 1.42. The summed E-state index contributed by atoms with van der Waals surface area (Å²) in [6.45, 7) is -0.351. The highest BCUT2D eigenvalue weighted by atomic mass is 32.1. The summed E-state index contributed by atoms with van der Waals surface area (Å²) in [5.74, 6) is -0.397. The van der Waals surface area contributed by atoms with Crippen molar-refractivity contribution in [3.05, 3.63) is 82.2 Å². The van der Waals surface area contributed by atoms with Crippen LogP contribution in [0.4, 0.5) is 10.8 Å². The lowest BCUT2D eigenvalue weighted by molar-refractivity contribution is -0.385. The van der Waals surface area contributed by atoms with Crippen LogP contribution in [-0.4, -0.2) is 22.4 Å². The molecule has 1 aromatic heterocycles. The second kappa shape index (κ2) is 8.07. The number of nitrogens with one attached hydrogen (secondary N) is 1. The SMILES string of the molecule is O=C(COc1ccccc1[N+](=O)[O-])Nc1nc(-c2ccc3ccccc3c2)cs1. The first-order chi connectivity index (χ1) is 14.1. The fourth-order valence-corrected chi connectivity index (χ4v) is 3.58. The van der Waals surface area contributed by atoms with E-state index in [1.54, 1.807) is 6.07 Å². The van der Waals surface area contributed by atoms with Crippen LogP contribution < -0.4 is 10.1 Å². The van der Waals surface area contributed by atoms with E-state index in [0.717, 1.165) is 22.0 Å². The van der Waals surface area contributed by atoms with Gasteiger partial charge >= 0.3 is 5.69 Å². The van der Waals surface area contributed by atoms with Crippen LogP contribution in [0.1, 0.15) is 0 Å². The highest BCUT2D eigenvalue weighted by Crippen LogP contribution is 2.28. The minimum Gasteiger partial charge on any atom is -0.477 e. The van der Waals surface area contributed by atoms with Gasteiger partial charge in [-0.05, 0) is 22.9 Å². The molecule has 1 N–H and O–H groups in total. The third-order valence-electron chi connectivity index (χ3n) is 4.22. The first-order valence-electron chi connectivity index (χ1n) is 8.71. The third kappa shape index (κ3) is 4.22. The van der Waals surface area contributed by atoms with Crippen molar-refractivity contribution in [2.24, 2.45) is 0 Å². The van der Waals surface area contributed by atoms with Crippen molar-refractivity contribution < 1.29 is 14.5 Å². The Labute approximate surface area is 169 Å². The van der Waals surface area contributed by atoms with Gasteiger partial charge in [0.15, 0.2) is 17.5 Å². The van der Waals surface area contributed by atoms with E-state index in [1.807, 2.05) is 47.8 Å². The van der Waals surface area contributed by atoms with Gasteiger partial charge in [-0.2, -0.15) is 0 Å². The van der Waals surface area contributed by atoms with Gasteiger partial charge < -0.3 is 4.74 Å². The van der Waals surface area contributed by atoms with Crippen molar-refractivity contribution in [3.8, 4) is 17.0 Å². The van der Waals surface area contributed by atoms with Crippen LogP contribution in [0.3, 0.4) is 0 Å². The number of aromatic nitrogens is 1. The van der Waals surface area contributed by atoms with E-state index >= 15 is 0 Å². The van der Waals surface area contributed by atoms with Crippen molar-refractivity contribution in [3.63, 3.8) is 0 Å². The molecule has 0 saturated carbocycles. The first-order valence-corrected chi connectivity index (χ1v) is 9.59. The predicted molar refractivity (Wildman–Crippen MR) is 112 cm³/mol. The van der Waals surface area contributed by atoms with Gasteiger partial charge in [-0.1, -0.05) is 48.5 Å². The van der Waals surface area contributed by atoms with Crippen molar-refractivity contribution in [2.45, 2.75) is 0 Å². The number of thiazole rings is 1. The number of nitro groups is 1. The molecule has 4 rings (SSSR count). The Morgan fingerprint density at radius 2 is 1.83 bits per heavy atom. The number of carbonyl (C=O) groups is 1. The molecule has 1 heterocycles. The molecule has 8 heteroatoms. The van der Waals surface area contributed by atoms with Crippen LogP contribution in [0.15, 0.2) is 72.1 Å². The molecule has 0 unspecified atom stereocenters. The number of amides is 1. The number of ether oxygens (including phenoxy) is 1. The molecule has 0 bridgehead atoms. The molecule has 4 aromatic rings. The summed E-state index contributed by atoms with van der Waals surface area (Å²) < 4.78 is 5.30. The summed E-state index contributed by atoms with van der Waals surface area (Å²) >= 11 is 1.30. The lowest BCUT2D eigenvalue weighted by atomic mass is 10.1. The van der Waals surface area contributed by atoms with Crippen LogP contribution >= 0.6 is 11.3 Å². The number of carbonyl (C=O) groups excluding carboxylic acids is 1. The van der Waals surface area contributed by atoms with E-state index in [1.165, 1.54) is 29.5 Å². The summed E-state index contributed by atoms with van der Waals surface area (Å²) in [6, 6.07) is 20.0. The number of para-hydroxylation sites is 2. The average Bonchev–Trinajstić information content (AvgIpc) is 3.20. The van der Waals surface area contributed by atoms with Gasteiger partial charge in [0.25, 0.3) is 5.91 Å². The van der Waals surface area contributed by atoms with Crippen molar-refractivity contribution in [2.75, 3.05) is 11.9 Å². The quantitative estimate of drug-likeness (QED) is 0.364. The Bertz CT molecular complexity index is 1210. The van der Waals surface area contributed by atoms with Gasteiger partial charge in [0, 0.05) is 17.0 Å². The predicted octanol–water partition coefficient (Wildman–Crippen LogP) is 4.89. The third-order valence-corrected chi connectivity index (χ3v) is 4.97. The van der Waals surface area contributed by atoms with Gasteiger partial charge in [0.2, 0.25) is 0 Å². The minimum atomic E-state index is -0.552. The van der Waals surface area contributed by atoms with Crippen LogP contribution in [0.2, 0.25) is 0 Å². The number of hydrogen-bond acceptors (Lipinski definition) is 6. The van der Waals surface area contributed by atoms with E-state index in [9.17, 15) is 14.9 Å². The van der Waals surface area contributed by atoms with Crippen molar-refractivity contribution in [1.29, 1.82) is 0 Å². The maximum atomic E-state index is 12.1. The monoisotopic (exact) mass is 405 g/mol. The number of benzene rings is 3. The number of hydrogen-bond donors (Lipinski definition) is 1. The fourth-order valence-electron chi connectivity index (χ4n) is 2.84. The second-order valence-corrected chi connectivity index (χ2v) is 7.02. The molecule has 0 aliphatic rings. The van der Waals surface area contributed by atoms with E-state index in [0.29, 0.717) is 5.13 Å². The van der Waals surface area contributed by atoms with Gasteiger partial charge in [-0.3, -0.25) is 20.2 Å². The first kappa shape index (κ1) is 18.6. The lowest BCUT2D eigenvalue weighted by Gasteiger charge is -2.06. The van der Waals surface area contributed by atoms with E-state index in [4.69, 9.17) is 4.74 Å². The number of rotatable bonds is 6. The maximum Gasteiger partial charge on any atom is 0.310 e. The maximum absolute atomic E-state index is 12.1. The summed E-state index contributed by atoms with van der Waals surface area (Å²) in [6.07, 6.45) is 0. The Hall–Kier alpha value is -3.78. The summed E-state index contributed by atoms with van der Waals surface area (Å²) in [7, 11) is 0. The molecule has 0 atom stereocenters. The molecule has 0 aliphatic carbocycles. The topological polar surface area (TPSA) is 94.4 Å². The summed E-state index contributed by atoms with van der Waals surface area (Å²) in [5, 5.41) is 18.2. The summed E-state index contributed by atoms with van der Waals surface area (Å²) in [5.41, 5.74) is 1.53. The summed E-state index contributed by atoms with van der Waals surface area (Å²) in [4.78, 5) is 27.0. The molecule has 1 amide bonds. The average molecular weight is 405 g/mol. The normalized spacial score (nSPS) is 10.6. The standard InChI is InChI=1S/C21H15N3O4S/c25-20(12-28-19-8-4-3-7-18(19)24(26)27)23-21-22-17(13-29-21)16-10-9-14-5-1-2-6-15(14)11-16/h1-11,13H,12H2,(H,22,23,25). The lowest BCUT2D eigenvalue weighted by Crippen LogP contribution is -2.20. The number of anilines is 1. The molecule has 0 saturated heterocycles. The Morgan fingerprint density at radius 1 is 1.07 bits per heavy atom. The van der Waals surface area contributed by atoms with E-state index in [2.05, 4.69) is 10.3 Å². The van der Waals surface area contributed by atoms with Gasteiger partial charge in [-0.25, -0.2) is 4.98 Å². The van der Waals surface area contributed by atoms with Gasteiger partial charge in [0.1, 0.15) is 0 Å². The van der Waals surface area contributed by atoms with Crippen LogP contribution in [0.5, 0.6) is 5.75 Å². The number of nitro benzene ring substituents is 1. The fraction of sp³-hybridized carbons (Fsp3) is 0.0476.